The van der Waals surface area contributed by atoms with Crippen LogP contribution in [0.4, 0.5) is 0 Å². The predicted octanol–water partition coefficient (Wildman–Crippen LogP) is 0.644. The quantitative estimate of drug-likeness (QED) is 0.308. The summed E-state index contributed by atoms with van der Waals surface area (Å²) in [5, 5.41) is 0. The van der Waals surface area contributed by atoms with Gasteiger partial charge in [-0.25, -0.2) is 0 Å². The molecule has 0 heterocycles. The van der Waals surface area contributed by atoms with Crippen LogP contribution >= 0.6 is 0 Å². The summed E-state index contributed by atoms with van der Waals surface area (Å²) in [6.45, 7) is 0.304. The highest BCUT2D eigenvalue weighted by atomic mass is 17.2. The molecule has 0 aromatic rings. The highest BCUT2D eigenvalue weighted by molar-refractivity contribution is 5.35. The van der Waals surface area contributed by atoms with E-state index in [-0.39, 0.29) is 6.10 Å². The Bertz CT molecular complexity index is 77.7. The molecular weight excluding hydrogens is 108 g/mol. The standard InChI is InChI=1S/C5H8O3/c6-4-7-8-5-2-1-3-5/h4-5H,1-3H2. The van der Waals surface area contributed by atoms with Gasteiger partial charge in [0.1, 0.15) is 6.10 Å². The first kappa shape index (κ1) is 5.56. The van der Waals surface area contributed by atoms with Crippen molar-refractivity contribution in [3.63, 3.8) is 0 Å². The summed E-state index contributed by atoms with van der Waals surface area (Å²) in [5.41, 5.74) is 0. The van der Waals surface area contributed by atoms with Crippen LogP contribution in [0.1, 0.15) is 19.3 Å². The Labute approximate surface area is 47.5 Å². The topological polar surface area (TPSA) is 35.5 Å². The first-order chi connectivity index (χ1) is 3.93. The molecule has 0 unspecified atom stereocenters. The van der Waals surface area contributed by atoms with E-state index < -0.39 is 0 Å². The molecule has 0 N–H and O–H groups in total. The zero-order valence-corrected chi connectivity index (χ0v) is 4.50. The Morgan fingerprint density at radius 2 is 2.25 bits per heavy atom. The summed E-state index contributed by atoms with van der Waals surface area (Å²) in [4.78, 5) is 18.1. The number of carbonyl (C=O) groups is 1. The van der Waals surface area contributed by atoms with Crippen LogP contribution in [0.2, 0.25) is 0 Å². The predicted molar refractivity (Wildman–Crippen MR) is 25.9 cm³/mol. The van der Waals surface area contributed by atoms with Crippen molar-refractivity contribution in [2.45, 2.75) is 25.4 Å². The van der Waals surface area contributed by atoms with Crippen molar-refractivity contribution in [1.29, 1.82) is 0 Å². The largest absolute Gasteiger partial charge is 0.330 e. The van der Waals surface area contributed by atoms with Crippen molar-refractivity contribution >= 4 is 6.47 Å². The highest BCUT2D eigenvalue weighted by Gasteiger charge is 2.18. The third-order valence-electron chi connectivity index (χ3n) is 1.28. The molecule has 3 heteroatoms. The molecule has 1 aliphatic carbocycles. The van der Waals surface area contributed by atoms with Gasteiger partial charge >= 0.3 is 6.47 Å². The van der Waals surface area contributed by atoms with Crippen molar-refractivity contribution in [2.75, 3.05) is 0 Å². The second-order valence-corrected chi connectivity index (χ2v) is 1.84. The van der Waals surface area contributed by atoms with Crippen molar-refractivity contribution in [3.05, 3.63) is 0 Å². The van der Waals surface area contributed by atoms with Crippen LogP contribution in [0.5, 0.6) is 0 Å². The van der Waals surface area contributed by atoms with E-state index in [0.29, 0.717) is 6.47 Å². The molecule has 1 rings (SSSR count). The maximum Gasteiger partial charge on any atom is 0.330 e. The lowest BCUT2D eigenvalue weighted by molar-refractivity contribution is -0.299. The minimum absolute atomic E-state index is 0.181. The second kappa shape index (κ2) is 2.67. The fraction of sp³-hybridized carbons (Fsp3) is 0.800. The number of hydrogen-bond donors (Lipinski definition) is 0. The summed E-state index contributed by atoms with van der Waals surface area (Å²) in [5.74, 6) is 0. The van der Waals surface area contributed by atoms with E-state index in [1.807, 2.05) is 0 Å². The molecule has 46 valence electrons. The molecule has 1 saturated carbocycles. The Morgan fingerprint density at radius 1 is 1.50 bits per heavy atom. The highest BCUT2D eigenvalue weighted by Crippen LogP contribution is 2.21. The van der Waals surface area contributed by atoms with Gasteiger partial charge in [0.15, 0.2) is 0 Å². The molecule has 8 heavy (non-hydrogen) atoms. The molecule has 0 amide bonds. The van der Waals surface area contributed by atoms with Crippen LogP contribution in [0.3, 0.4) is 0 Å². The Balaban J connectivity index is 1.93. The fourth-order valence-corrected chi connectivity index (χ4v) is 0.568. The lowest BCUT2D eigenvalue weighted by Gasteiger charge is -2.21. The van der Waals surface area contributed by atoms with E-state index in [2.05, 4.69) is 9.78 Å². The van der Waals surface area contributed by atoms with Crippen LogP contribution in [-0.2, 0) is 14.6 Å². The van der Waals surface area contributed by atoms with E-state index in [4.69, 9.17) is 0 Å². The Hall–Kier alpha value is -0.570. The zero-order chi connectivity index (χ0) is 5.82. The maximum absolute atomic E-state index is 9.50. The van der Waals surface area contributed by atoms with E-state index in [1.165, 1.54) is 6.42 Å². The average molecular weight is 116 g/mol. The number of rotatable bonds is 3. The van der Waals surface area contributed by atoms with Crippen molar-refractivity contribution in [1.82, 2.24) is 0 Å². The molecule has 0 spiro atoms. The van der Waals surface area contributed by atoms with Crippen LogP contribution in [0.15, 0.2) is 0 Å². The molecule has 0 radical (unpaired) electrons. The minimum atomic E-state index is 0.181. The molecule has 0 saturated heterocycles. The third kappa shape index (κ3) is 1.20. The zero-order valence-electron chi connectivity index (χ0n) is 4.50. The van der Waals surface area contributed by atoms with Crippen LogP contribution in [0.25, 0.3) is 0 Å². The molecule has 0 atom stereocenters. The van der Waals surface area contributed by atoms with Gasteiger partial charge in [-0.15, -0.1) is 0 Å². The van der Waals surface area contributed by atoms with Gasteiger partial charge in [-0.05, 0) is 19.3 Å². The molecule has 1 fully saturated rings. The normalized spacial score (nSPS) is 19.5. The van der Waals surface area contributed by atoms with E-state index in [1.54, 1.807) is 0 Å². The lowest BCUT2D eigenvalue weighted by atomic mass is 9.97. The molecule has 0 aromatic heterocycles. The van der Waals surface area contributed by atoms with Gasteiger partial charge in [-0.3, -0.25) is 4.79 Å². The van der Waals surface area contributed by atoms with Gasteiger partial charge in [-0.2, -0.15) is 4.89 Å². The van der Waals surface area contributed by atoms with Gasteiger partial charge < -0.3 is 4.89 Å². The summed E-state index contributed by atoms with van der Waals surface area (Å²) in [7, 11) is 0. The van der Waals surface area contributed by atoms with Gasteiger partial charge in [0.25, 0.3) is 0 Å². The van der Waals surface area contributed by atoms with Crippen LogP contribution in [0, 0.1) is 0 Å². The van der Waals surface area contributed by atoms with Crippen molar-refractivity contribution < 1.29 is 14.6 Å². The molecular formula is C5H8O3. The van der Waals surface area contributed by atoms with Gasteiger partial charge in [0.2, 0.25) is 0 Å². The van der Waals surface area contributed by atoms with Gasteiger partial charge in [0.05, 0.1) is 0 Å². The minimum Gasteiger partial charge on any atom is -0.302 e. The van der Waals surface area contributed by atoms with Gasteiger partial charge in [0, 0.05) is 0 Å². The third-order valence-corrected chi connectivity index (χ3v) is 1.28. The summed E-state index contributed by atoms with van der Waals surface area (Å²) in [6.07, 6.45) is 3.41. The molecule has 0 aliphatic heterocycles. The number of carbonyl (C=O) groups excluding carboxylic acids is 1. The number of hydrogen-bond acceptors (Lipinski definition) is 3. The fourth-order valence-electron chi connectivity index (χ4n) is 0.568. The molecule has 1 aliphatic rings. The Morgan fingerprint density at radius 3 is 2.62 bits per heavy atom. The SMILES string of the molecule is O=COOC1CCC1. The van der Waals surface area contributed by atoms with E-state index in [9.17, 15) is 4.79 Å². The van der Waals surface area contributed by atoms with E-state index >= 15 is 0 Å². The average Bonchev–Trinajstić information content (AvgIpc) is 1.63. The summed E-state index contributed by atoms with van der Waals surface area (Å²) < 4.78 is 0. The van der Waals surface area contributed by atoms with Crippen LogP contribution in [-0.4, -0.2) is 12.6 Å². The molecule has 0 aromatic carbocycles. The molecule has 3 nitrogen and oxygen atoms in total. The lowest BCUT2D eigenvalue weighted by Crippen LogP contribution is -2.21. The van der Waals surface area contributed by atoms with E-state index in [0.717, 1.165) is 12.8 Å². The molecule has 0 bridgehead atoms. The second-order valence-electron chi connectivity index (χ2n) is 1.84. The van der Waals surface area contributed by atoms with Crippen molar-refractivity contribution in [2.24, 2.45) is 0 Å². The first-order valence-corrected chi connectivity index (χ1v) is 2.69. The summed E-state index contributed by atoms with van der Waals surface area (Å²) in [6, 6.07) is 0. The first-order valence-electron chi connectivity index (χ1n) is 2.69. The maximum atomic E-state index is 9.50. The Kier molecular flexibility index (Phi) is 1.86. The summed E-state index contributed by atoms with van der Waals surface area (Å²) >= 11 is 0. The smallest absolute Gasteiger partial charge is 0.302 e. The monoisotopic (exact) mass is 116 g/mol. The van der Waals surface area contributed by atoms with Crippen LogP contribution < -0.4 is 0 Å². The van der Waals surface area contributed by atoms with Gasteiger partial charge in [-0.1, -0.05) is 0 Å². The van der Waals surface area contributed by atoms with Crippen molar-refractivity contribution in [3.8, 4) is 0 Å².